The Morgan fingerprint density at radius 2 is 2.00 bits per heavy atom. The molecule has 1 atom stereocenters. The minimum absolute atomic E-state index is 0.188. The van der Waals surface area contributed by atoms with Gasteiger partial charge in [-0.05, 0) is 5.41 Å². The molecule has 0 aromatic rings. The molecule has 0 fully saturated rings. The molecule has 0 amide bonds. The molecule has 0 spiro atoms. The monoisotopic (exact) mass is 175 g/mol. The Morgan fingerprint density at radius 1 is 1.50 bits per heavy atom. The van der Waals surface area contributed by atoms with Crippen LogP contribution in [0.4, 0.5) is 0 Å². The first-order valence-corrected chi connectivity index (χ1v) is 3.83. The molecule has 0 saturated heterocycles. The lowest BCUT2D eigenvalue weighted by Crippen LogP contribution is -2.34. The standard InChI is InChI=1S/C8H17NO3/c1-8(2,3)6(5-12-9)7(10)11-4/h6H,5,9H2,1-4H3. The van der Waals surface area contributed by atoms with Crippen molar-refractivity contribution in [1.29, 1.82) is 0 Å². The maximum Gasteiger partial charge on any atom is 0.311 e. The molecule has 0 aromatic carbocycles. The minimum Gasteiger partial charge on any atom is -0.469 e. The fourth-order valence-corrected chi connectivity index (χ4v) is 0.910. The normalized spacial score (nSPS) is 14.1. The van der Waals surface area contributed by atoms with Crippen molar-refractivity contribution in [3.63, 3.8) is 0 Å². The van der Waals surface area contributed by atoms with Crippen molar-refractivity contribution in [1.82, 2.24) is 0 Å². The third kappa shape index (κ3) is 3.19. The average Bonchev–Trinajstić information content (AvgIpc) is 1.96. The van der Waals surface area contributed by atoms with Crippen LogP contribution in [0.2, 0.25) is 0 Å². The number of ether oxygens (including phenoxy) is 1. The number of nitrogens with two attached hydrogens (primary N) is 1. The van der Waals surface area contributed by atoms with Crippen molar-refractivity contribution in [3.8, 4) is 0 Å². The van der Waals surface area contributed by atoms with Crippen LogP contribution in [-0.4, -0.2) is 19.7 Å². The topological polar surface area (TPSA) is 61.5 Å². The Hall–Kier alpha value is -0.610. The SMILES string of the molecule is COC(=O)C(CON)C(C)(C)C. The van der Waals surface area contributed by atoms with Crippen molar-refractivity contribution in [2.24, 2.45) is 17.2 Å². The van der Waals surface area contributed by atoms with Gasteiger partial charge in [0.15, 0.2) is 0 Å². The van der Waals surface area contributed by atoms with Crippen LogP contribution in [0.1, 0.15) is 20.8 Å². The van der Waals surface area contributed by atoms with Crippen LogP contribution in [-0.2, 0) is 14.4 Å². The van der Waals surface area contributed by atoms with Gasteiger partial charge in [-0.25, -0.2) is 5.90 Å². The molecule has 0 aromatic heterocycles. The van der Waals surface area contributed by atoms with E-state index < -0.39 is 0 Å². The van der Waals surface area contributed by atoms with E-state index in [1.54, 1.807) is 0 Å². The summed E-state index contributed by atoms with van der Waals surface area (Å²) in [6, 6.07) is 0. The maximum absolute atomic E-state index is 11.2. The quantitative estimate of drug-likeness (QED) is 0.507. The molecular formula is C8H17NO3. The van der Waals surface area contributed by atoms with Crippen LogP contribution in [0.15, 0.2) is 0 Å². The van der Waals surface area contributed by atoms with Gasteiger partial charge in [0.2, 0.25) is 0 Å². The third-order valence-electron chi connectivity index (χ3n) is 1.79. The van der Waals surface area contributed by atoms with Crippen molar-refractivity contribution < 1.29 is 14.4 Å². The number of rotatable bonds is 3. The van der Waals surface area contributed by atoms with Crippen LogP contribution >= 0.6 is 0 Å². The average molecular weight is 175 g/mol. The minimum atomic E-state index is -0.313. The largest absolute Gasteiger partial charge is 0.469 e. The van der Waals surface area contributed by atoms with Crippen LogP contribution in [0.5, 0.6) is 0 Å². The molecule has 0 radical (unpaired) electrons. The number of carbonyl (C=O) groups excluding carboxylic acids is 1. The first-order chi connectivity index (χ1) is 5.43. The van der Waals surface area contributed by atoms with Crippen molar-refractivity contribution in [2.45, 2.75) is 20.8 Å². The number of hydrogen-bond donors (Lipinski definition) is 1. The Kier molecular flexibility index (Phi) is 4.20. The highest BCUT2D eigenvalue weighted by Crippen LogP contribution is 2.26. The second kappa shape index (κ2) is 4.42. The molecule has 0 saturated carbocycles. The highest BCUT2D eigenvalue weighted by atomic mass is 16.6. The molecule has 12 heavy (non-hydrogen) atoms. The first kappa shape index (κ1) is 11.4. The number of carbonyl (C=O) groups is 1. The van der Waals surface area contributed by atoms with Crippen molar-refractivity contribution >= 4 is 5.97 Å². The fraction of sp³-hybridized carbons (Fsp3) is 0.875. The van der Waals surface area contributed by atoms with Crippen molar-refractivity contribution in [3.05, 3.63) is 0 Å². The summed E-state index contributed by atoms with van der Waals surface area (Å²) >= 11 is 0. The Morgan fingerprint density at radius 3 is 2.25 bits per heavy atom. The summed E-state index contributed by atoms with van der Waals surface area (Å²) in [7, 11) is 1.36. The van der Waals surface area contributed by atoms with Gasteiger partial charge in [-0.1, -0.05) is 20.8 Å². The number of esters is 1. The van der Waals surface area contributed by atoms with Crippen LogP contribution in [0.3, 0.4) is 0 Å². The zero-order valence-electron chi connectivity index (χ0n) is 8.09. The lowest BCUT2D eigenvalue weighted by Gasteiger charge is -2.27. The van der Waals surface area contributed by atoms with Crippen LogP contribution in [0, 0.1) is 11.3 Å². The fourth-order valence-electron chi connectivity index (χ4n) is 0.910. The van der Waals surface area contributed by atoms with Gasteiger partial charge >= 0.3 is 5.97 Å². The summed E-state index contributed by atoms with van der Waals surface area (Å²) < 4.78 is 4.62. The van der Waals surface area contributed by atoms with Gasteiger partial charge in [-0.2, -0.15) is 0 Å². The van der Waals surface area contributed by atoms with E-state index in [2.05, 4.69) is 9.57 Å². The van der Waals surface area contributed by atoms with E-state index in [9.17, 15) is 4.79 Å². The Balaban J connectivity index is 4.33. The van der Waals surface area contributed by atoms with Gasteiger partial charge in [0.05, 0.1) is 19.6 Å². The van der Waals surface area contributed by atoms with Gasteiger partial charge in [0.25, 0.3) is 0 Å². The van der Waals surface area contributed by atoms with E-state index in [4.69, 9.17) is 5.90 Å². The zero-order valence-corrected chi connectivity index (χ0v) is 8.09. The highest BCUT2D eigenvalue weighted by Gasteiger charge is 2.32. The van der Waals surface area contributed by atoms with E-state index in [1.807, 2.05) is 20.8 Å². The second-order valence-electron chi connectivity index (χ2n) is 3.78. The molecule has 0 rings (SSSR count). The molecule has 0 aliphatic carbocycles. The van der Waals surface area contributed by atoms with Crippen LogP contribution in [0.25, 0.3) is 0 Å². The predicted octanol–water partition coefficient (Wildman–Crippen LogP) is 0.712. The molecule has 0 aliphatic rings. The molecule has 4 heteroatoms. The Bertz CT molecular complexity index is 151. The van der Waals surface area contributed by atoms with Gasteiger partial charge in [-0.3, -0.25) is 4.79 Å². The summed E-state index contributed by atoms with van der Waals surface area (Å²) in [5.41, 5.74) is -0.188. The summed E-state index contributed by atoms with van der Waals surface area (Å²) in [5, 5.41) is 0. The molecule has 0 heterocycles. The molecule has 2 N–H and O–H groups in total. The number of methoxy groups -OCH3 is 1. The van der Waals surface area contributed by atoms with E-state index in [-0.39, 0.29) is 23.9 Å². The second-order valence-corrected chi connectivity index (χ2v) is 3.78. The predicted molar refractivity (Wildman–Crippen MR) is 45.1 cm³/mol. The summed E-state index contributed by atoms with van der Waals surface area (Å²) in [6.07, 6.45) is 0. The summed E-state index contributed by atoms with van der Waals surface area (Å²) in [5.74, 6) is 4.31. The Labute approximate surface area is 73.0 Å². The molecule has 0 bridgehead atoms. The lowest BCUT2D eigenvalue weighted by atomic mass is 9.81. The van der Waals surface area contributed by atoms with E-state index >= 15 is 0 Å². The summed E-state index contributed by atoms with van der Waals surface area (Å²) in [6.45, 7) is 6.00. The van der Waals surface area contributed by atoms with Crippen molar-refractivity contribution in [2.75, 3.05) is 13.7 Å². The maximum atomic E-state index is 11.2. The smallest absolute Gasteiger partial charge is 0.311 e. The molecule has 0 aliphatic heterocycles. The van der Waals surface area contributed by atoms with E-state index in [0.717, 1.165) is 0 Å². The lowest BCUT2D eigenvalue weighted by molar-refractivity contribution is -0.152. The van der Waals surface area contributed by atoms with Gasteiger partial charge in [0, 0.05) is 0 Å². The highest BCUT2D eigenvalue weighted by molar-refractivity contribution is 5.73. The van der Waals surface area contributed by atoms with Gasteiger partial charge in [-0.15, -0.1) is 0 Å². The molecule has 72 valence electrons. The van der Waals surface area contributed by atoms with Gasteiger partial charge < -0.3 is 9.57 Å². The summed E-state index contributed by atoms with van der Waals surface area (Å²) in [4.78, 5) is 15.6. The zero-order chi connectivity index (χ0) is 9.78. The van der Waals surface area contributed by atoms with Gasteiger partial charge in [0.1, 0.15) is 0 Å². The third-order valence-corrected chi connectivity index (χ3v) is 1.79. The first-order valence-electron chi connectivity index (χ1n) is 3.83. The van der Waals surface area contributed by atoms with E-state index in [1.165, 1.54) is 7.11 Å². The molecular weight excluding hydrogens is 158 g/mol. The molecule has 1 unspecified atom stereocenters. The number of hydrogen-bond acceptors (Lipinski definition) is 4. The molecule has 4 nitrogen and oxygen atoms in total. The van der Waals surface area contributed by atoms with Crippen LogP contribution < -0.4 is 5.90 Å². The van der Waals surface area contributed by atoms with E-state index in [0.29, 0.717) is 0 Å².